The molecule has 6 heteroatoms. The molecule has 0 spiro atoms. The van der Waals surface area contributed by atoms with E-state index in [2.05, 4.69) is 9.89 Å². The number of nitrogens with zero attached hydrogens (tertiary/aromatic N) is 2. The molecular weight excluding hydrogens is 294 g/mol. The van der Waals surface area contributed by atoms with Gasteiger partial charge in [0.2, 0.25) is 0 Å². The minimum atomic E-state index is -0.0262. The Morgan fingerprint density at radius 2 is 1.96 bits per heavy atom. The Labute approximate surface area is 137 Å². The number of likely N-dealkylation sites (tertiary alicyclic amines) is 1. The van der Waals surface area contributed by atoms with Gasteiger partial charge in [0.15, 0.2) is 17.5 Å². The summed E-state index contributed by atoms with van der Waals surface area (Å²) in [6.45, 7) is 2.72. The van der Waals surface area contributed by atoms with Crippen LogP contribution in [0.2, 0.25) is 0 Å². The van der Waals surface area contributed by atoms with Gasteiger partial charge in [0.1, 0.15) is 6.61 Å². The van der Waals surface area contributed by atoms with Crippen LogP contribution in [0, 0.1) is 0 Å². The van der Waals surface area contributed by atoms with Crippen LogP contribution in [-0.4, -0.2) is 49.4 Å². The molecule has 1 aromatic carbocycles. The van der Waals surface area contributed by atoms with Crippen molar-refractivity contribution >= 4 is 5.96 Å². The van der Waals surface area contributed by atoms with E-state index in [0.29, 0.717) is 24.0 Å². The van der Waals surface area contributed by atoms with Crippen molar-refractivity contribution < 1.29 is 14.6 Å². The summed E-state index contributed by atoms with van der Waals surface area (Å²) >= 11 is 0. The Morgan fingerprint density at radius 3 is 2.61 bits per heavy atom. The predicted octanol–water partition coefficient (Wildman–Crippen LogP) is 1.76. The molecule has 1 fully saturated rings. The fraction of sp³-hybridized carbons (Fsp3) is 0.588. The van der Waals surface area contributed by atoms with Gasteiger partial charge in [0, 0.05) is 13.1 Å². The first-order valence-electron chi connectivity index (χ1n) is 8.20. The number of aliphatic imine (C=N–C) groups is 1. The minimum Gasteiger partial charge on any atom is -0.493 e. The summed E-state index contributed by atoms with van der Waals surface area (Å²) in [6.07, 6.45) is 4.91. The molecule has 0 amide bonds. The van der Waals surface area contributed by atoms with E-state index in [1.807, 2.05) is 18.2 Å². The van der Waals surface area contributed by atoms with Crippen molar-refractivity contribution in [1.29, 1.82) is 0 Å². The van der Waals surface area contributed by atoms with E-state index in [-0.39, 0.29) is 13.2 Å². The van der Waals surface area contributed by atoms with Gasteiger partial charge in [-0.2, -0.15) is 0 Å². The third-order valence-electron chi connectivity index (χ3n) is 3.93. The van der Waals surface area contributed by atoms with Crippen molar-refractivity contribution in [3.8, 4) is 11.5 Å². The summed E-state index contributed by atoms with van der Waals surface area (Å²) in [7, 11) is 1.60. The second-order valence-electron chi connectivity index (χ2n) is 5.63. The SMILES string of the molecule is COc1cc(CN=C(N)N2CCCCCC2)ccc1OCCO. The number of rotatable bonds is 6. The molecule has 0 radical (unpaired) electrons. The molecule has 0 aliphatic carbocycles. The van der Waals surface area contributed by atoms with Crippen molar-refractivity contribution in [3.05, 3.63) is 23.8 Å². The zero-order chi connectivity index (χ0) is 16.5. The zero-order valence-corrected chi connectivity index (χ0v) is 13.8. The van der Waals surface area contributed by atoms with Gasteiger partial charge in [-0.3, -0.25) is 0 Å². The molecule has 0 bridgehead atoms. The topological polar surface area (TPSA) is 80.3 Å². The first-order valence-corrected chi connectivity index (χ1v) is 8.20. The molecular formula is C17H27N3O3. The van der Waals surface area contributed by atoms with Gasteiger partial charge in [0.25, 0.3) is 0 Å². The van der Waals surface area contributed by atoms with Crippen molar-refractivity contribution in [2.75, 3.05) is 33.4 Å². The first-order chi connectivity index (χ1) is 11.2. The lowest BCUT2D eigenvalue weighted by atomic mass is 10.2. The van der Waals surface area contributed by atoms with Crippen molar-refractivity contribution in [2.24, 2.45) is 10.7 Å². The van der Waals surface area contributed by atoms with Gasteiger partial charge in [-0.05, 0) is 30.5 Å². The first kappa shape index (κ1) is 17.4. The lowest BCUT2D eigenvalue weighted by molar-refractivity contribution is 0.196. The Hall–Kier alpha value is -1.95. The van der Waals surface area contributed by atoms with E-state index in [9.17, 15) is 0 Å². The van der Waals surface area contributed by atoms with Crippen LogP contribution in [0.4, 0.5) is 0 Å². The lowest BCUT2D eigenvalue weighted by Gasteiger charge is -2.21. The Morgan fingerprint density at radius 1 is 1.22 bits per heavy atom. The summed E-state index contributed by atoms with van der Waals surface area (Å²) in [4.78, 5) is 6.68. The Kier molecular flexibility index (Phi) is 7.00. The minimum absolute atomic E-state index is 0.0262. The highest BCUT2D eigenvalue weighted by atomic mass is 16.5. The molecule has 1 heterocycles. The van der Waals surface area contributed by atoms with E-state index in [1.54, 1.807) is 7.11 Å². The fourth-order valence-corrected chi connectivity index (χ4v) is 2.66. The summed E-state index contributed by atoms with van der Waals surface area (Å²) in [5, 5.41) is 8.83. The second kappa shape index (κ2) is 9.25. The highest BCUT2D eigenvalue weighted by molar-refractivity contribution is 5.78. The predicted molar refractivity (Wildman–Crippen MR) is 90.9 cm³/mol. The van der Waals surface area contributed by atoms with E-state index >= 15 is 0 Å². The molecule has 1 saturated heterocycles. The summed E-state index contributed by atoms with van der Waals surface area (Å²) in [6, 6.07) is 5.67. The average Bonchev–Trinajstić information content (AvgIpc) is 2.87. The van der Waals surface area contributed by atoms with E-state index in [1.165, 1.54) is 25.7 Å². The quantitative estimate of drug-likeness (QED) is 0.616. The summed E-state index contributed by atoms with van der Waals surface area (Å²) < 4.78 is 10.7. The molecule has 0 saturated carbocycles. The molecule has 0 aromatic heterocycles. The van der Waals surface area contributed by atoms with Gasteiger partial charge >= 0.3 is 0 Å². The van der Waals surface area contributed by atoms with E-state index < -0.39 is 0 Å². The molecule has 23 heavy (non-hydrogen) atoms. The highest BCUT2D eigenvalue weighted by Gasteiger charge is 2.11. The van der Waals surface area contributed by atoms with Crippen LogP contribution in [0.1, 0.15) is 31.2 Å². The molecule has 3 N–H and O–H groups in total. The number of benzene rings is 1. The maximum Gasteiger partial charge on any atom is 0.191 e. The van der Waals surface area contributed by atoms with Crippen LogP contribution < -0.4 is 15.2 Å². The van der Waals surface area contributed by atoms with Gasteiger partial charge in [-0.25, -0.2) is 4.99 Å². The average molecular weight is 321 g/mol. The summed E-state index contributed by atoms with van der Waals surface area (Å²) in [5.74, 6) is 1.88. The maximum absolute atomic E-state index is 8.83. The van der Waals surface area contributed by atoms with E-state index in [0.717, 1.165) is 18.7 Å². The van der Waals surface area contributed by atoms with Crippen LogP contribution in [0.15, 0.2) is 23.2 Å². The number of guanidine groups is 1. The molecule has 1 aliphatic heterocycles. The normalized spacial score (nSPS) is 16.1. The van der Waals surface area contributed by atoms with Crippen LogP contribution in [0.25, 0.3) is 0 Å². The Bertz CT molecular complexity index is 512. The van der Waals surface area contributed by atoms with Crippen LogP contribution >= 0.6 is 0 Å². The molecule has 1 aliphatic rings. The number of ether oxygens (including phenoxy) is 2. The number of hydrogen-bond acceptors (Lipinski definition) is 4. The number of methoxy groups -OCH3 is 1. The van der Waals surface area contributed by atoms with Gasteiger partial charge in [-0.1, -0.05) is 18.9 Å². The van der Waals surface area contributed by atoms with Crippen LogP contribution in [0.5, 0.6) is 11.5 Å². The molecule has 2 rings (SSSR count). The van der Waals surface area contributed by atoms with Crippen LogP contribution in [-0.2, 0) is 6.54 Å². The van der Waals surface area contributed by atoms with E-state index in [4.69, 9.17) is 20.3 Å². The molecule has 128 valence electrons. The lowest BCUT2D eigenvalue weighted by Crippen LogP contribution is -2.38. The fourth-order valence-electron chi connectivity index (χ4n) is 2.66. The third kappa shape index (κ3) is 5.32. The Balaban J connectivity index is 1.99. The number of hydrogen-bond donors (Lipinski definition) is 2. The second-order valence-corrected chi connectivity index (χ2v) is 5.63. The molecule has 6 nitrogen and oxygen atoms in total. The number of aliphatic hydroxyl groups excluding tert-OH is 1. The van der Waals surface area contributed by atoms with Crippen molar-refractivity contribution in [1.82, 2.24) is 4.90 Å². The van der Waals surface area contributed by atoms with Gasteiger partial charge in [-0.15, -0.1) is 0 Å². The van der Waals surface area contributed by atoms with Gasteiger partial charge < -0.3 is 25.2 Å². The zero-order valence-electron chi connectivity index (χ0n) is 13.8. The summed E-state index contributed by atoms with van der Waals surface area (Å²) in [5.41, 5.74) is 7.13. The number of nitrogens with two attached hydrogens (primary N) is 1. The van der Waals surface area contributed by atoms with Crippen molar-refractivity contribution in [2.45, 2.75) is 32.2 Å². The highest BCUT2D eigenvalue weighted by Crippen LogP contribution is 2.28. The smallest absolute Gasteiger partial charge is 0.191 e. The van der Waals surface area contributed by atoms with Gasteiger partial charge in [0.05, 0.1) is 20.3 Å². The standard InChI is InChI=1S/C17H27N3O3/c1-22-16-12-14(6-7-15(16)23-11-10-21)13-19-17(18)20-8-4-2-3-5-9-20/h6-7,12,21H,2-5,8-11,13H2,1H3,(H2,18,19). The molecule has 1 aromatic rings. The monoisotopic (exact) mass is 321 g/mol. The molecule has 0 unspecified atom stereocenters. The maximum atomic E-state index is 8.83. The largest absolute Gasteiger partial charge is 0.493 e. The molecule has 0 atom stereocenters. The van der Waals surface area contributed by atoms with Crippen LogP contribution in [0.3, 0.4) is 0 Å². The number of aliphatic hydroxyl groups is 1. The third-order valence-corrected chi connectivity index (χ3v) is 3.93. The van der Waals surface area contributed by atoms with Crippen molar-refractivity contribution in [3.63, 3.8) is 0 Å².